The zero-order valence-corrected chi connectivity index (χ0v) is 22.5. The normalized spacial score (nSPS) is 13.0. The Morgan fingerprint density at radius 1 is 0.974 bits per heavy atom. The van der Waals surface area contributed by atoms with E-state index in [-0.39, 0.29) is 32.5 Å². The van der Waals surface area contributed by atoms with Crippen molar-refractivity contribution < 1.29 is 29.0 Å². The molecule has 0 aliphatic carbocycles. The second kappa shape index (κ2) is 16.8. The Morgan fingerprint density at radius 2 is 1.72 bits per heavy atom. The lowest BCUT2D eigenvalue weighted by Crippen LogP contribution is -2.49. The standard InChI is InChI=1S/C30H39N3O6/c1-4-6-7-8-14-28(36)39-20-26(30(38)32-25-16-15-22-12-9-10-13-23(22)17-25)33-29(37)24(11-5-2)18-27(35)31-21(3)19-34/h4-5,9-10,12-13,15-17,21,24,26,34H,1-2,6-8,11,14,18-20H2,3H3,(H,31,35)(H,32,38)(H,33,37)/t21-,24-,26-/m0/s1. The largest absolute Gasteiger partial charge is 0.463 e. The molecule has 0 aromatic heterocycles. The summed E-state index contributed by atoms with van der Waals surface area (Å²) in [5.74, 6) is -2.81. The van der Waals surface area contributed by atoms with E-state index in [4.69, 9.17) is 4.74 Å². The molecule has 4 N–H and O–H groups in total. The molecular formula is C30H39N3O6. The predicted molar refractivity (Wildman–Crippen MR) is 152 cm³/mol. The molecule has 3 atom stereocenters. The molecule has 3 amide bonds. The predicted octanol–water partition coefficient (Wildman–Crippen LogP) is 3.63. The summed E-state index contributed by atoms with van der Waals surface area (Å²) in [6, 6.07) is 11.5. The van der Waals surface area contributed by atoms with Crippen molar-refractivity contribution >= 4 is 40.2 Å². The van der Waals surface area contributed by atoms with Gasteiger partial charge in [-0.2, -0.15) is 0 Å². The van der Waals surface area contributed by atoms with Gasteiger partial charge in [-0.1, -0.05) is 42.5 Å². The molecule has 0 radical (unpaired) electrons. The molecular weight excluding hydrogens is 498 g/mol. The van der Waals surface area contributed by atoms with E-state index in [1.807, 2.05) is 36.4 Å². The lowest BCUT2D eigenvalue weighted by molar-refractivity contribution is -0.146. The van der Waals surface area contributed by atoms with Crippen LogP contribution in [0.25, 0.3) is 10.8 Å². The number of carbonyl (C=O) groups excluding carboxylic acids is 4. The molecule has 2 aromatic rings. The monoisotopic (exact) mass is 537 g/mol. The molecule has 0 unspecified atom stereocenters. The molecule has 9 nitrogen and oxygen atoms in total. The molecule has 210 valence electrons. The van der Waals surface area contributed by atoms with Crippen LogP contribution in [0.2, 0.25) is 0 Å². The summed E-state index contributed by atoms with van der Waals surface area (Å²) in [6.45, 7) is 8.35. The molecule has 0 aliphatic heterocycles. The van der Waals surface area contributed by atoms with E-state index < -0.39 is 41.7 Å². The molecule has 0 saturated heterocycles. The third kappa shape index (κ3) is 11.1. The van der Waals surface area contributed by atoms with Crippen molar-refractivity contribution in [3.63, 3.8) is 0 Å². The number of anilines is 1. The lowest BCUT2D eigenvalue weighted by atomic mass is 9.99. The van der Waals surface area contributed by atoms with Crippen LogP contribution in [-0.2, 0) is 23.9 Å². The number of allylic oxidation sites excluding steroid dienone is 2. The first kappa shape index (κ1) is 31.2. The van der Waals surface area contributed by atoms with E-state index in [1.54, 1.807) is 19.1 Å². The highest BCUT2D eigenvalue weighted by Crippen LogP contribution is 2.19. The number of aliphatic hydroxyl groups excluding tert-OH is 1. The maximum absolute atomic E-state index is 13.2. The number of carbonyl (C=O) groups is 4. The van der Waals surface area contributed by atoms with Gasteiger partial charge in [-0.25, -0.2) is 0 Å². The molecule has 39 heavy (non-hydrogen) atoms. The molecule has 2 rings (SSSR count). The van der Waals surface area contributed by atoms with Crippen molar-refractivity contribution in [1.82, 2.24) is 10.6 Å². The summed E-state index contributed by atoms with van der Waals surface area (Å²) in [5.41, 5.74) is 0.522. The summed E-state index contributed by atoms with van der Waals surface area (Å²) >= 11 is 0. The molecule has 0 heterocycles. The first-order chi connectivity index (χ1) is 18.8. The highest BCUT2D eigenvalue weighted by Gasteiger charge is 2.28. The fourth-order valence-corrected chi connectivity index (χ4v) is 3.86. The summed E-state index contributed by atoms with van der Waals surface area (Å²) < 4.78 is 5.33. The second-order valence-corrected chi connectivity index (χ2v) is 9.41. The number of hydrogen-bond donors (Lipinski definition) is 4. The van der Waals surface area contributed by atoms with Crippen LogP contribution in [0.4, 0.5) is 5.69 Å². The Labute approximate surface area is 229 Å². The van der Waals surface area contributed by atoms with E-state index in [2.05, 4.69) is 29.1 Å². The number of nitrogens with one attached hydrogen (secondary N) is 3. The maximum Gasteiger partial charge on any atom is 0.305 e. The van der Waals surface area contributed by atoms with E-state index in [1.165, 1.54) is 6.08 Å². The van der Waals surface area contributed by atoms with Crippen molar-refractivity contribution in [2.24, 2.45) is 5.92 Å². The van der Waals surface area contributed by atoms with Crippen LogP contribution in [0.15, 0.2) is 67.8 Å². The number of benzene rings is 2. The number of esters is 1. The summed E-state index contributed by atoms with van der Waals surface area (Å²) in [6.07, 6.45) is 5.70. The van der Waals surface area contributed by atoms with Gasteiger partial charge in [-0.15, -0.1) is 13.2 Å². The Morgan fingerprint density at radius 3 is 2.41 bits per heavy atom. The third-order valence-electron chi connectivity index (χ3n) is 6.04. The average Bonchev–Trinajstić information content (AvgIpc) is 2.92. The van der Waals surface area contributed by atoms with Crippen molar-refractivity contribution in [2.75, 3.05) is 18.5 Å². The number of hydrogen-bond acceptors (Lipinski definition) is 6. The Bertz CT molecular complexity index is 1150. The number of fused-ring (bicyclic) bond motifs is 1. The van der Waals surface area contributed by atoms with Gasteiger partial charge in [-0.3, -0.25) is 19.2 Å². The van der Waals surface area contributed by atoms with E-state index >= 15 is 0 Å². The van der Waals surface area contributed by atoms with Crippen LogP contribution in [0.3, 0.4) is 0 Å². The van der Waals surface area contributed by atoms with E-state index in [9.17, 15) is 24.3 Å². The lowest BCUT2D eigenvalue weighted by Gasteiger charge is -2.22. The number of amides is 3. The average molecular weight is 538 g/mol. The maximum atomic E-state index is 13.2. The van der Waals surface area contributed by atoms with Crippen LogP contribution in [0, 0.1) is 5.92 Å². The smallest absolute Gasteiger partial charge is 0.305 e. The molecule has 0 spiro atoms. The molecule has 0 bridgehead atoms. The van der Waals surface area contributed by atoms with Crippen LogP contribution in [-0.4, -0.2) is 54.1 Å². The van der Waals surface area contributed by atoms with Gasteiger partial charge in [0.05, 0.1) is 12.5 Å². The highest BCUT2D eigenvalue weighted by molar-refractivity contribution is 5.99. The van der Waals surface area contributed by atoms with E-state index in [0.29, 0.717) is 12.1 Å². The minimum atomic E-state index is -1.19. The van der Waals surface area contributed by atoms with Crippen LogP contribution in [0.1, 0.15) is 45.4 Å². The second-order valence-electron chi connectivity index (χ2n) is 9.41. The Hall–Kier alpha value is -3.98. The topological polar surface area (TPSA) is 134 Å². The summed E-state index contributed by atoms with van der Waals surface area (Å²) in [7, 11) is 0. The molecule has 0 saturated carbocycles. The zero-order valence-electron chi connectivity index (χ0n) is 22.5. The minimum absolute atomic E-state index is 0.162. The highest BCUT2D eigenvalue weighted by atomic mass is 16.5. The van der Waals surface area contributed by atoms with Gasteiger partial charge in [0.25, 0.3) is 5.91 Å². The van der Waals surface area contributed by atoms with Gasteiger partial charge in [0.15, 0.2) is 0 Å². The number of aliphatic hydroxyl groups is 1. The van der Waals surface area contributed by atoms with Gasteiger partial charge in [0.1, 0.15) is 12.6 Å². The first-order valence-corrected chi connectivity index (χ1v) is 13.1. The van der Waals surface area contributed by atoms with E-state index in [0.717, 1.165) is 23.6 Å². The SMILES string of the molecule is C=CCCCCC(=O)OC[C@H](NC(=O)[C@@H](CC=C)CC(=O)N[C@@H](C)CO)C(=O)Nc1ccc2ccccc2c1. The summed E-state index contributed by atoms with van der Waals surface area (Å²) in [4.78, 5) is 51.0. The van der Waals surface area contributed by atoms with Crippen molar-refractivity contribution in [1.29, 1.82) is 0 Å². The molecule has 0 aliphatic rings. The van der Waals surface area contributed by atoms with Gasteiger partial charge in [-0.05, 0) is 55.5 Å². The van der Waals surface area contributed by atoms with Crippen LogP contribution >= 0.6 is 0 Å². The number of rotatable bonds is 17. The van der Waals surface area contributed by atoms with Gasteiger partial charge < -0.3 is 25.8 Å². The number of ether oxygens (including phenoxy) is 1. The fraction of sp³-hybridized carbons (Fsp3) is 0.400. The quantitative estimate of drug-likeness (QED) is 0.138. The number of unbranched alkanes of at least 4 members (excludes halogenated alkanes) is 2. The minimum Gasteiger partial charge on any atom is -0.463 e. The van der Waals surface area contributed by atoms with Crippen molar-refractivity contribution in [3.05, 3.63) is 67.8 Å². The van der Waals surface area contributed by atoms with Crippen molar-refractivity contribution in [2.45, 2.75) is 57.5 Å². The third-order valence-corrected chi connectivity index (χ3v) is 6.04. The first-order valence-electron chi connectivity index (χ1n) is 13.1. The summed E-state index contributed by atoms with van der Waals surface area (Å²) in [5, 5.41) is 19.1. The molecule has 2 aromatic carbocycles. The van der Waals surface area contributed by atoms with Gasteiger partial charge >= 0.3 is 5.97 Å². The Kier molecular flexibility index (Phi) is 13.4. The Balaban J connectivity index is 2.13. The molecule has 9 heteroatoms. The zero-order chi connectivity index (χ0) is 28.6. The van der Waals surface area contributed by atoms with Crippen molar-refractivity contribution in [3.8, 4) is 0 Å². The van der Waals surface area contributed by atoms with Crippen LogP contribution < -0.4 is 16.0 Å². The van der Waals surface area contributed by atoms with Gasteiger partial charge in [0, 0.05) is 24.6 Å². The fourth-order valence-electron chi connectivity index (χ4n) is 3.86. The van der Waals surface area contributed by atoms with Crippen LogP contribution in [0.5, 0.6) is 0 Å². The molecule has 0 fully saturated rings. The van der Waals surface area contributed by atoms with Gasteiger partial charge in [0.2, 0.25) is 11.8 Å².